The van der Waals surface area contributed by atoms with E-state index in [1.54, 1.807) is 0 Å². The highest BCUT2D eigenvalue weighted by molar-refractivity contribution is 6.02. The zero-order valence-electron chi connectivity index (χ0n) is 21.0. The fourth-order valence-electron chi connectivity index (χ4n) is 5.01. The molecule has 8 nitrogen and oxygen atoms in total. The molecule has 188 valence electrons. The van der Waals surface area contributed by atoms with Gasteiger partial charge in [0.05, 0.1) is 5.69 Å². The topological polar surface area (TPSA) is 105 Å². The van der Waals surface area contributed by atoms with E-state index < -0.39 is 0 Å². The van der Waals surface area contributed by atoms with Crippen molar-refractivity contribution in [2.75, 3.05) is 10.6 Å². The summed E-state index contributed by atoms with van der Waals surface area (Å²) >= 11 is 0. The second-order valence-electron chi connectivity index (χ2n) is 9.38. The summed E-state index contributed by atoms with van der Waals surface area (Å²) < 4.78 is 6.38. The molecule has 1 aliphatic heterocycles. The molecule has 0 saturated heterocycles. The van der Waals surface area contributed by atoms with Crippen molar-refractivity contribution in [3.05, 3.63) is 108 Å². The van der Waals surface area contributed by atoms with Crippen LogP contribution in [0.3, 0.4) is 0 Å². The first-order valence-electron chi connectivity index (χ1n) is 12.4. The van der Waals surface area contributed by atoms with Gasteiger partial charge in [-0.1, -0.05) is 72.3 Å². The number of urea groups is 1. The molecule has 0 spiro atoms. The number of nitrogens with one attached hydrogen (secondary N) is 3. The van der Waals surface area contributed by atoms with E-state index in [4.69, 9.17) is 4.74 Å². The number of aromatic amines is 1. The summed E-state index contributed by atoms with van der Waals surface area (Å²) in [5, 5.41) is 20.6. The Hall–Kier alpha value is -4.98. The Morgan fingerprint density at radius 1 is 0.895 bits per heavy atom. The average Bonchev–Trinajstić information content (AvgIpc) is 3.58. The highest BCUT2D eigenvalue weighted by atomic mass is 16.5. The molecular weight excluding hydrogens is 476 g/mol. The molecule has 1 aliphatic rings. The van der Waals surface area contributed by atoms with E-state index in [0.717, 1.165) is 33.4 Å². The molecule has 8 heteroatoms. The Balaban J connectivity index is 1.45. The van der Waals surface area contributed by atoms with Crippen molar-refractivity contribution in [3.8, 4) is 28.3 Å². The van der Waals surface area contributed by atoms with Crippen LogP contribution in [-0.2, 0) is 0 Å². The standard InChI is InChI=1S/C30H26N6O2/c1-18-12-14-22(15-13-18)31-30(37)32-26-17-21(23-10-6-7-11-24(23)29-33-35-36-34-29)16-25-27(19(2)38-28(25)26)20-8-4-3-5-9-20/h3-17,19,27H,1-2H3,(H2,31,32,37)(H,33,34,35,36)/t19-,27+/m1/s1. The number of hydrogen-bond donors (Lipinski definition) is 3. The molecule has 38 heavy (non-hydrogen) atoms. The minimum Gasteiger partial charge on any atom is -0.487 e. The monoisotopic (exact) mass is 502 g/mol. The number of tetrazole rings is 1. The normalized spacial score (nSPS) is 15.9. The summed E-state index contributed by atoms with van der Waals surface area (Å²) in [6.07, 6.45) is -0.115. The van der Waals surface area contributed by atoms with E-state index >= 15 is 0 Å². The van der Waals surface area contributed by atoms with Crippen LogP contribution in [0.5, 0.6) is 5.75 Å². The first kappa shape index (κ1) is 23.4. The molecule has 3 N–H and O–H groups in total. The average molecular weight is 503 g/mol. The Labute approximate surface area is 220 Å². The number of fused-ring (bicyclic) bond motifs is 1. The predicted molar refractivity (Wildman–Crippen MR) is 147 cm³/mol. The molecule has 2 heterocycles. The lowest BCUT2D eigenvalue weighted by atomic mass is 9.86. The summed E-state index contributed by atoms with van der Waals surface area (Å²) in [6, 6.07) is 29.6. The third-order valence-corrected chi connectivity index (χ3v) is 6.77. The minimum absolute atomic E-state index is 0.00389. The molecule has 2 atom stereocenters. The summed E-state index contributed by atoms with van der Waals surface area (Å²) in [4.78, 5) is 13.1. The highest BCUT2D eigenvalue weighted by Gasteiger charge is 2.35. The van der Waals surface area contributed by atoms with Crippen molar-refractivity contribution in [2.45, 2.75) is 25.9 Å². The highest BCUT2D eigenvalue weighted by Crippen LogP contribution is 2.49. The Morgan fingerprint density at radius 3 is 2.37 bits per heavy atom. The number of amides is 2. The Kier molecular flexibility index (Phi) is 6.05. The number of aromatic nitrogens is 4. The summed E-state index contributed by atoms with van der Waals surface area (Å²) in [6.45, 7) is 4.06. The molecule has 6 rings (SSSR count). The third-order valence-electron chi connectivity index (χ3n) is 6.77. The number of carbonyl (C=O) groups excluding carboxylic acids is 1. The van der Waals surface area contributed by atoms with E-state index in [2.05, 4.69) is 56.4 Å². The van der Waals surface area contributed by atoms with Crippen molar-refractivity contribution < 1.29 is 9.53 Å². The molecule has 2 amide bonds. The van der Waals surface area contributed by atoms with E-state index in [9.17, 15) is 4.79 Å². The van der Waals surface area contributed by atoms with Crippen LogP contribution in [0.2, 0.25) is 0 Å². The fraction of sp³-hybridized carbons (Fsp3) is 0.133. The molecule has 0 saturated carbocycles. The van der Waals surface area contributed by atoms with Crippen molar-refractivity contribution >= 4 is 17.4 Å². The van der Waals surface area contributed by atoms with Gasteiger partial charge in [-0.2, -0.15) is 5.21 Å². The van der Waals surface area contributed by atoms with Gasteiger partial charge in [0.1, 0.15) is 11.9 Å². The molecule has 0 unspecified atom stereocenters. The van der Waals surface area contributed by atoms with Gasteiger partial charge < -0.3 is 15.4 Å². The maximum Gasteiger partial charge on any atom is 0.323 e. The van der Waals surface area contributed by atoms with Crippen LogP contribution in [0.15, 0.2) is 91.0 Å². The number of nitrogens with zero attached hydrogens (tertiary/aromatic N) is 3. The number of benzene rings is 4. The molecule has 0 fully saturated rings. The van der Waals surface area contributed by atoms with Gasteiger partial charge in [0, 0.05) is 22.7 Å². The van der Waals surface area contributed by atoms with E-state index in [1.807, 2.05) is 79.7 Å². The lowest BCUT2D eigenvalue weighted by Crippen LogP contribution is -2.20. The van der Waals surface area contributed by atoms with Crippen LogP contribution in [0.25, 0.3) is 22.5 Å². The predicted octanol–water partition coefficient (Wildman–Crippen LogP) is 6.40. The largest absolute Gasteiger partial charge is 0.487 e. The molecule has 4 aromatic carbocycles. The van der Waals surface area contributed by atoms with Gasteiger partial charge >= 0.3 is 6.03 Å². The van der Waals surface area contributed by atoms with Crippen LogP contribution in [0, 0.1) is 6.92 Å². The second-order valence-corrected chi connectivity index (χ2v) is 9.38. The lowest BCUT2D eigenvalue weighted by molar-refractivity contribution is 0.239. The maximum absolute atomic E-state index is 13.1. The van der Waals surface area contributed by atoms with Gasteiger partial charge in [-0.3, -0.25) is 0 Å². The van der Waals surface area contributed by atoms with Gasteiger partial charge in [0.25, 0.3) is 0 Å². The summed E-state index contributed by atoms with van der Waals surface area (Å²) in [5.74, 6) is 1.17. The van der Waals surface area contributed by atoms with Gasteiger partial charge in [-0.15, -0.1) is 10.2 Å². The number of H-pyrrole nitrogens is 1. The molecule has 0 aliphatic carbocycles. The van der Waals surface area contributed by atoms with Gasteiger partial charge in [0.15, 0.2) is 0 Å². The smallest absolute Gasteiger partial charge is 0.323 e. The first-order valence-corrected chi connectivity index (χ1v) is 12.4. The van der Waals surface area contributed by atoms with Crippen molar-refractivity contribution in [1.29, 1.82) is 0 Å². The van der Waals surface area contributed by atoms with Crippen molar-refractivity contribution in [1.82, 2.24) is 20.6 Å². The van der Waals surface area contributed by atoms with Crippen LogP contribution >= 0.6 is 0 Å². The van der Waals surface area contributed by atoms with Crippen LogP contribution in [-0.4, -0.2) is 32.8 Å². The van der Waals surface area contributed by atoms with Crippen LogP contribution < -0.4 is 15.4 Å². The van der Waals surface area contributed by atoms with Crippen LogP contribution in [0.4, 0.5) is 16.2 Å². The molecular formula is C30H26N6O2. The number of rotatable bonds is 5. The zero-order valence-corrected chi connectivity index (χ0v) is 21.0. The summed E-state index contributed by atoms with van der Waals surface area (Å²) in [5.41, 5.74) is 7.25. The van der Waals surface area contributed by atoms with Gasteiger partial charge in [0.2, 0.25) is 5.82 Å². The molecule has 0 bridgehead atoms. The minimum atomic E-state index is -0.348. The van der Waals surface area contributed by atoms with Gasteiger partial charge in [-0.05, 0) is 60.0 Å². The van der Waals surface area contributed by atoms with Gasteiger partial charge in [-0.25, -0.2) is 4.79 Å². The molecule has 1 aromatic heterocycles. The number of hydrogen-bond acceptors (Lipinski definition) is 5. The summed E-state index contributed by atoms with van der Waals surface area (Å²) in [7, 11) is 0. The number of aryl methyl sites for hydroxylation is 1. The van der Waals surface area contributed by atoms with Crippen LogP contribution in [0.1, 0.15) is 29.5 Å². The fourth-order valence-corrected chi connectivity index (χ4v) is 5.01. The second kappa shape index (κ2) is 9.82. The number of anilines is 2. The first-order chi connectivity index (χ1) is 18.6. The van der Waals surface area contributed by atoms with Crippen molar-refractivity contribution in [3.63, 3.8) is 0 Å². The van der Waals surface area contributed by atoms with E-state index in [0.29, 0.717) is 22.9 Å². The molecule has 5 aromatic rings. The van der Waals surface area contributed by atoms with E-state index in [1.165, 1.54) is 0 Å². The SMILES string of the molecule is Cc1ccc(NC(=O)Nc2cc(-c3ccccc3-c3nn[nH]n3)cc3c2O[C@H](C)[C@H]3c2ccccc2)cc1. The van der Waals surface area contributed by atoms with Crippen molar-refractivity contribution in [2.24, 2.45) is 0 Å². The number of ether oxygens (including phenoxy) is 1. The Morgan fingerprint density at radius 2 is 1.63 bits per heavy atom. The third kappa shape index (κ3) is 4.48. The molecule has 0 radical (unpaired) electrons. The van der Waals surface area contributed by atoms with E-state index in [-0.39, 0.29) is 18.1 Å². The maximum atomic E-state index is 13.1. The number of carbonyl (C=O) groups is 1. The zero-order chi connectivity index (χ0) is 26.1. The quantitative estimate of drug-likeness (QED) is 0.258. The Bertz CT molecular complexity index is 1580. The lowest BCUT2D eigenvalue weighted by Gasteiger charge is -2.16.